The smallest absolute Gasteiger partial charge is 0.260 e. The van der Waals surface area contributed by atoms with Crippen LogP contribution < -0.4 is 16.6 Å². The summed E-state index contributed by atoms with van der Waals surface area (Å²) in [4.78, 5) is 29.2. The second-order valence-corrected chi connectivity index (χ2v) is 6.85. The number of nitrogens with zero attached hydrogens (tertiary/aromatic N) is 2. The minimum Gasteiger partial charge on any atom is -0.402 e. The first kappa shape index (κ1) is 20.9. The number of amides is 1. The summed E-state index contributed by atoms with van der Waals surface area (Å²) in [6.07, 6.45) is 4.18. The van der Waals surface area contributed by atoms with Crippen molar-refractivity contribution in [2.24, 2.45) is 5.73 Å². The molecule has 30 heavy (non-hydrogen) atoms. The molecule has 0 spiro atoms. The van der Waals surface area contributed by atoms with Gasteiger partial charge in [0.2, 0.25) is 0 Å². The first-order valence-electron chi connectivity index (χ1n) is 9.38. The topological polar surface area (TPSA) is 114 Å². The monoisotopic (exact) mass is 407 g/mol. The van der Waals surface area contributed by atoms with Crippen molar-refractivity contribution in [3.05, 3.63) is 81.4 Å². The van der Waals surface area contributed by atoms with Gasteiger partial charge in [-0.2, -0.15) is 0 Å². The van der Waals surface area contributed by atoms with Gasteiger partial charge < -0.3 is 21.0 Å². The molecule has 0 aliphatic carbocycles. The minimum absolute atomic E-state index is 0.105. The van der Waals surface area contributed by atoms with Crippen LogP contribution in [0.15, 0.2) is 53.2 Å². The van der Waals surface area contributed by atoms with Crippen LogP contribution in [0.4, 0.5) is 4.39 Å². The summed E-state index contributed by atoms with van der Waals surface area (Å²) in [6.45, 7) is 4.00. The molecule has 0 atom stereocenters. The van der Waals surface area contributed by atoms with Gasteiger partial charge in [0, 0.05) is 42.0 Å². The summed E-state index contributed by atoms with van der Waals surface area (Å²) in [5.41, 5.74) is 7.65. The van der Waals surface area contributed by atoms with E-state index in [4.69, 9.17) is 11.1 Å². The number of hydrogen-bond donors (Lipinski definition) is 3. The van der Waals surface area contributed by atoms with E-state index in [9.17, 15) is 14.0 Å². The maximum absolute atomic E-state index is 14.0. The Morgan fingerprint density at radius 2 is 2.10 bits per heavy atom. The van der Waals surface area contributed by atoms with Gasteiger partial charge in [0.15, 0.2) is 0 Å². The van der Waals surface area contributed by atoms with E-state index in [1.54, 1.807) is 38.2 Å². The Labute approximate surface area is 172 Å². The number of nitrogens with one attached hydrogen (secondary N) is 2. The molecular weight excluding hydrogens is 385 g/mol. The van der Waals surface area contributed by atoms with Gasteiger partial charge in [-0.15, -0.1) is 0 Å². The molecule has 0 bridgehead atoms. The molecule has 0 saturated heterocycles. The van der Waals surface area contributed by atoms with Gasteiger partial charge in [0.1, 0.15) is 5.82 Å². The quantitative estimate of drug-likeness (QED) is 0.545. The third-order valence-electron chi connectivity index (χ3n) is 4.62. The number of benzene rings is 1. The average Bonchev–Trinajstić information content (AvgIpc) is 2.70. The number of halogens is 1. The Kier molecular flexibility index (Phi) is 6.06. The first-order valence-corrected chi connectivity index (χ1v) is 9.38. The molecule has 0 saturated carbocycles. The molecule has 0 unspecified atom stereocenters. The number of aromatic nitrogens is 2. The molecule has 0 aliphatic rings. The van der Waals surface area contributed by atoms with Crippen molar-refractivity contribution >= 4 is 28.5 Å². The lowest BCUT2D eigenvalue weighted by molar-refractivity contribution is 0.0955. The van der Waals surface area contributed by atoms with Gasteiger partial charge in [-0.05, 0) is 55.1 Å². The van der Waals surface area contributed by atoms with E-state index in [1.807, 2.05) is 0 Å². The normalized spacial score (nSPS) is 11.8. The summed E-state index contributed by atoms with van der Waals surface area (Å²) in [6, 6.07) is 7.48. The van der Waals surface area contributed by atoms with Crippen LogP contribution in [0.2, 0.25) is 0 Å². The molecule has 0 aliphatic heterocycles. The Balaban J connectivity index is 1.99. The lowest BCUT2D eigenvalue weighted by Crippen LogP contribution is -2.23. The number of fused-ring (bicyclic) bond motifs is 1. The van der Waals surface area contributed by atoms with Crippen LogP contribution in [0.3, 0.4) is 0 Å². The second-order valence-electron chi connectivity index (χ2n) is 6.85. The number of rotatable bonds is 6. The maximum atomic E-state index is 14.0. The average molecular weight is 407 g/mol. The van der Waals surface area contributed by atoms with Crippen LogP contribution in [0.25, 0.3) is 16.3 Å². The number of pyridine rings is 2. The number of carbonyl (C=O) groups is 1. The van der Waals surface area contributed by atoms with Crippen molar-refractivity contribution < 1.29 is 9.18 Å². The Morgan fingerprint density at radius 3 is 2.77 bits per heavy atom. The molecular formula is C22H22FN5O2. The van der Waals surface area contributed by atoms with Gasteiger partial charge >= 0.3 is 0 Å². The molecule has 1 aromatic carbocycles. The number of allylic oxidation sites excluding steroid dienone is 2. The van der Waals surface area contributed by atoms with Crippen molar-refractivity contribution in [2.45, 2.75) is 20.4 Å². The second kappa shape index (κ2) is 8.69. The first-order chi connectivity index (χ1) is 14.3. The van der Waals surface area contributed by atoms with Gasteiger partial charge in [-0.25, -0.2) is 4.39 Å². The standard InChI is InChI=1S/C22H22FN5O2/c1-3-26-21(29)16-6-14(7-17(23)8-16)12-28-5-4-15-9-20(18(10-24)13(2)25)27-11-19(15)22(28)30/h4-11,24H,3,12,25H2,1-2H3,(H,26,29). The zero-order chi connectivity index (χ0) is 21.8. The summed E-state index contributed by atoms with van der Waals surface area (Å²) < 4.78 is 15.4. The van der Waals surface area contributed by atoms with E-state index < -0.39 is 5.82 Å². The SMILES string of the molecule is CCNC(=O)c1cc(F)cc(Cn2ccc3cc(C(C=N)=C(C)N)ncc3c2=O)c1. The summed E-state index contributed by atoms with van der Waals surface area (Å²) in [7, 11) is 0. The Bertz CT molecular complexity index is 1230. The molecule has 154 valence electrons. The van der Waals surface area contributed by atoms with E-state index >= 15 is 0 Å². The molecule has 3 rings (SSSR count). The summed E-state index contributed by atoms with van der Waals surface area (Å²) in [5, 5.41) is 11.2. The Hall–Kier alpha value is -3.81. The minimum atomic E-state index is -0.544. The highest BCUT2D eigenvalue weighted by Crippen LogP contribution is 2.18. The molecule has 2 heterocycles. The predicted molar refractivity (Wildman–Crippen MR) is 115 cm³/mol. The third-order valence-corrected chi connectivity index (χ3v) is 4.62. The van der Waals surface area contributed by atoms with Gasteiger partial charge in [-0.3, -0.25) is 14.6 Å². The van der Waals surface area contributed by atoms with Crippen LogP contribution in [-0.2, 0) is 6.54 Å². The molecule has 3 aromatic rings. The van der Waals surface area contributed by atoms with Gasteiger partial charge in [0.25, 0.3) is 11.5 Å². The third kappa shape index (κ3) is 4.27. The van der Waals surface area contributed by atoms with Crippen LogP contribution in [0.5, 0.6) is 0 Å². The summed E-state index contributed by atoms with van der Waals surface area (Å²) in [5.74, 6) is -0.914. The Morgan fingerprint density at radius 1 is 1.33 bits per heavy atom. The zero-order valence-electron chi connectivity index (χ0n) is 16.7. The fraction of sp³-hybridized carbons (Fsp3) is 0.182. The van der Waals surface area contributed by atoms with Crippen molar-refractivity contribution in [3.63, 3.8) is 0 Å². The van der Waals surface area contributed by atoms with Crippen molar-refractivity contribution in [1.82, 2.24) is 14.9 Å². The zero-order valence-corrected chi connectivity index (χ0v) is 16.7. The lowest BCUT2D eigenvalue weighted by atomic mass is 10.1. The van der Waals surface area contributed by atoms with E-state index in [0.717, 1.165) is 12.3 Å². The van der Waals surface area contributed by atoms with Gasteiger partial charge in [-0.1, -0.05) is 0 Å². The highest BCUT2D eigenvalue weighted by molar-refractivity contribution is 6.09. The molecule has 0 fully saturated rings. The number of nitrogens with two attached hydrogens (primary N) is 1. The van der Waals surface area contributed by atoms with Crippen LogP contribution in [0.1, 0.15) is 35.5 Å². The number of carbonyl (C=O) groups excluding carboxylic acids is 1. The molecule has 2 aromatic heterocycles. The van der Waals surface area contributed by atoms with Crippen LogP contribution in [0, 0.1) is 11.2 Å². The predicted octanol–water partition coefficient (Wildman–Crippen LogP) is 2.67. The lowest BCUT2D eigenvalue weighted by Gasteiger charge is -2.10. The molecule has 1 amide bonds. The number of hydrogen-bond acceptors (Lipinski definition) is 5. The van der Waals surface area contributed by atoms with Crippen molar-refractivity contribution in [2.75, 3.05) is 6.54 Å². The van der Waals surface area contributed by atoms with Crippen LogP contribution in [-0.4, -0.2) is 28.2 Å². The largest absolute Gasteiger partial charge is 0.402 e. The van der Waals surface area contributed by atoms with Crippen molar-refractivity contribution in [3.8, 4) is 0 Å². The maximum Gasteiger partial charge on any atom is 0.260 e. The summed E-state index contributed by atoms with van der Waals surface area (Å²) >= 11 is 0. The molecule has 8 heteroatoms. The molecule has 0 radical (unpaired) electrons. The highest BCUT2D eigenvalue weighted by atomic mass is 19.1. The van der Waals surface area contributed by atoms with Crippen molar-refractivity contribution in [1.29, 1.82) is 5.41 Å². The van der Waals surface area contributed by atoms with Crippen LogP contribution >= 0.6 is 0 Å². The van der Waals surface area contributed by atoms with E-state index in [2.05, 4.69) is 10.3 Å². The fourth-order valence-electron chi connectivity index (χ4n) is 3.17. The fourth-order valence-corrected chi connectivity index (χ4v) is 3.17. The van der Waals surface area contributed by atoms with E-state index in [0.29, 0.717) is 39.8 Å². The van der Waals surface area contributed by atoms with E-state index in [-0.39, 0.29) is 23.6 Å². The molecule has 4 N–H and O–H groups in total. The van der Waals surface area contributed by atoms with Gasteiger partial charge in [0.05, 0.1) is 17.6 Å². The highest BCUT2D eigenvalue weighted by Gasteiger charge is 2.11. The molecule has 7 nitrogen and oxygen atoms in total. The van der Waals surface area contributed by atoms with E-state index in [1.165, 1.54) is 16.8 Å².